The summed E-state index contributed by atoms with van der Waals surface area (Å²) in [6.07, 6.45) is -1.51. The average molecular weight is 553 g/mol. The van der Waals surface area contributed by atoms with Gasteiger partial charge in [-0.05, 0) is 79.1 Å². The minimum atomic E-state index is -4.12. The summed E-state index contributed by atoms with van der Waals surface area (Å²) in [5.41, 5.74) is 1.61. The van der Waals surface area contributed by atoms with Gasteiger partial charge in [-0.15, -0.1) is 11.8 Å². The van der Waals surface area contributed by atoms with Gasteiger partial charge in [0, 0.05) is 22.8 Å². The highest BCUT2D eigenvalue weighted by atomic mass is 35.5. The second-order valence-electron chi connectivity index (χ2n) is 9.50. The Morgan fingerprint density at radius 2 is 1.83 bits per heavy atom. The molecule has 36 heavy (non-hydrogen) atoms. The fourth-order valence-corrected chi connectivity index (χ4v) is 7.29. The molecule has 0 spiro atoms. The Balaban J connectivity index is 1.30. The number of halogens is 4. The topological polar surface area (TPSA) is 34.1 Å². The molecule has 1 saturated heterocycles. The fraction of sp³-hybridized carbons (Fsp3) is 0.444. The lowest BCUT2D eigenvalue weighted by atomic mass is 9.80. The van der Waals surface area contributed by atoms with Crippen molar-refractivity contribution in [1.82, 2.24) is 10.3 Å². The van der Waals surface area contributed by atoms with Crippen molar-refractivity contribution in [3.8, 4) is 5.88 Å². The lowest BCUT2D eigenvalue weighted by molar-refractivity contribution is -0.185. The van der Waals surface area contributed by atoms with Crippen LogP contribution in [0, 0.1) is 5.92 Å². The molecule has 2 aromatic heterocycles. The second-order valence-corrected chi connectivity index (χ2v) is 12.0. The number of hydrogen-bond donors (Lipinski definition) is 1. The number of aromatic nitrogens is 1. The van der Waals surface area contributed by atoms with Crippen LogP contribution in [0.5, 0.6) is 5.88 Å². The van der Waals surface area contributed by atoms with Gasteiger partial charge in [0.15, 0.2) is 0 Å². The maximum Gasteiger partial charge on any atom is 0.391 e. The summed E-state index contributed by atoms with van der Waals surface area (Å²) in [6.45, 7) is 0.792. The van der Waals surface area contributed by atoms with Crippen LogP contribution in [0.2, 0.25) is 5.02 Å². The van der Waals surface area contributed by atoms with Gasteiger partial charge in [-0.3, -0.25) is 0 Å². The molecule has 2 aliphatic rings. The third-order valence-electron chi connectivity index (χ3n) is 7.20. The van der Waals surface area contributed by atoms with E-state index in [9.17, 15) is 13.2 Å². The van der Waals surface area contributed by atoms with Gasteiger partial charge in [0.2, 0.25) is 5.88 Å². The van der Waals surface area contributed by atoms with Gasteiger partial charge in [-0.1, -0.05) is 29.8 Å². The van der Waals surface area contributed by atoms with Gasteiger partial charge < -0.3 is 10.1 Å². The van der Waals surface area contributed by atoms with Crippen LogP contribution in [0.25, 0.3) is 0 Å². The molecule has 1 saturated carbocycles. The largest absolute Gasteiger partial charge is 0.474 e. The van der Waals surface area contributed by atoms with Crippen LogP contribution < -0.4 is 10.1 Å². The molecule has 9 heteroatoms. The molecule has 0 amide bonds. The number of rotatable bonds is 6. The van der Waals surface area contributed by atoms with E-state index in [1.807, 2.05) is 30.3 Å². The average Bonchev–Trinajstić information content (AvgIpc) is 3.42. The molecule has 1 aromatic carbocycles. The van der Waals surface area contributed by atoms with Crippen LogP contribution in [0.4, 0.5) is 13.2 Å². The predicted molar refractivity (Wildman–Crippen MR) is 140 cm³/mol. The third kappa shape index (κ3) is 5.72. The number of ether oxygens (including phenoxy) is 1. The lowest BCUT2D eigenvalue weighted by Crippen LogP contribution is -2.50. The molecule has 2 fully saturated rings. The van der Waals surface area contributed by atoms with Crippen LogP contribution in [-0.2, 0) is 5.54 Å². The number of piperidine rings is 1. The summed E-state index contributed by atoms with van der Waals surface area (Å²) in [6, 6.07) is 15.8. The normalized spacial score (nSPS) is 27.1. The van der Waals surface area contributed by atoms with Gasteiger partial charge in [-0.25, -0.2) is 4.98 Å². The lowest BCUT2D eigenvalue weighted by Gasteiger charge is -2.41. The predicted octanol–water partition coefficient (Wildman–Crippen LogP) is 8.08. The van der Waals surface area contributed by atoms with E-state index in [1.165, 1.54) is 5.56 Å². The molecule has 0 radical (unpaired) electrons. The molecule has 192 valence electrons. The standard InChI is InChI=1S/C27H28ClF3N2OS2/c28-22-4-1-2-5-23(22)36-21-12-14-26(32-16-21,19-13-15-35-17-19)24-6-3-7-25(33-24)34-20-10-8-18(9-11-20)27(29,30)31/h1-7,13,15,17-18,20-21,32H,8-12,14,16H2. The molecule has 1 aliphatic carbocycles. The number of thioether (sulfide) groups is 1. The zero-order valence-electron chi connectivity index (χ0n) is 19.6. The number of nitrogens with one attached hydrogen (secondary N) is 1. The van der Waals surface area contributed by atoms with Crippen molar-refractivity contribution in [1.29, 1.82) is 0 Å². The van der Waals surface area contributed by atoms with E-state index in [2.05, 4.69) is 28.2 Å². The van der Waals surface area contributed by atoms with Crippen molar-refractivity contribution in [2.75, 3.05) is 6.54 Å². The van der Waals surface area contributed by atoms with E-state index < -0.39 is 17.6 Å². The Morgan fingerprint density at radius 1 is 1.03 bits per heavy atom. The molecule has 1 aliphatic heterocycles. The molecule has 3 heterocycles. The molecule has 0 bridgehead atoms. The molecule has 2 unspecified atom stereocenters. The van der Waals surface area contributed by atoms with Gasteiger partial charge >= 0.3 is 6.18 Å². The maximum atomic E-state index is 13.0. The molecular formula is C27H28ClF3N2OS2. The zero-order valence-corrected chi connectivity index (χ0v) is 22.0. The third-order valence-corrected chi connectivity index (χ3v) is 9.67. The van der Waals surface area contributed by atoms with Gasteiger partial charge in [0.25, 0.3) is 0 Å². The van der Waals surface area contributed by atoms with Crippen LogP contribution >= 0.6 is 34.7 Å². The number of alkyl halides is 3. The van der Waals surface area contributed by atoms with Crippen molar-refractivity contribution in [3.05, 3.63) is 75.6 Å². The molecule has 3 nitrogen and oxygen atoms in total. The minimum Gasteiger partial charge on any atom is -0.474 e. The Morgan fingerprint density at radius 3 is 2.50 bits per heavy atom. The highest BCUT2D eigenvalue weighted by molar-refractivity contribution is 8.00. The van der Waals surface area contributed by atoms with Crippen LogP contribution in [0.3, 0.4) is 0 Å². The molecule has 1 N–H and O–H groups in total. The number of hydrogen-bond acceptors (Lipinski definition) is 5. The summed E-state index contributed by atoms with van der Waals surface area (Å²) >= 11 is 9.83. The first kappa shape index (κ1) is 25.9. The number of benzene rings is 1. The first-order chi connectivity index (χ1) is 17.3. The Labute approximate surface area is 222 Å². The Kier molecular flexibility index (Phi) is 7.86. The van der Waals surface area contributed by atoms with E-state index >= 15 is 0 Å². The van der Waals surface area contributed by atoms with E-state index in [1.54, 1.807) is 29.2 Å². The SMILES string of the molecule is FC(F)(F)C1CCC(Oc2cccc(C3(c4ccsc4)CCC(Sc4ccccc4Cl)CN3)n2)CC1. The first-order valence-corrected chi connectivity index (χ1v) is 14.4. The van der Waals surface area contributed by atoms with Crippen LogP contribution in [-0.4, -0.2) is 29.1 Å². The smallest absolute Gasteiger partial charge is 0.391 e. The second kappa shape index (κ2) is 10.9. The molecule has 3 aromatic rings. The van der Waals surface area contributed by atoms with Crippen LogP contribution in [0.15, 0.2) is 64.2 Å². The summed E-state index contributed by atoms with van der Waals surface area (Å²) < 4.78 is 45.2. The summed E-state index contributed by atoms with van der Waals surface area (Å²) in [7, 11) is 0. The van der Waals surface area contributed by atoms with Crippen LogP contribution in [0.1, 0.15) is 49.8 Å². The monoisotopic (exact) mass is 552 g/mol. The summed E-state index contributed by atoms with van der Waals surface area (Å²) in [5, 5.41) is 9.17. The van der Waals surface area contributed by atoms with Crippen molar-refractivity contribution < 1.29 is 17.9 Å². The minimum absolute atomic E-state index is 0.110. The number of pyridine rings is 1. The Hall–Kier alpha value is -1.74. The van der Waals surface area contributed by atoms with E-state index in [0.717, 1.165) is 35.0 Å². The molecular weight excluding hydrogens is 525 g/mol. The van der Waals surface area contributed by atoms with Crippen molar-refractivity contribution in [2.45, 2.75) is 66.5 Å². The first-order valence-electron chi connectivity index (χ1n) is 12.2. The van der Waals surface area contributed by atoms with Crippen molar-refractivity contribution in [2.24, 2.45) is 5.92 Å². The summed E-state index contributed by atoms with van der Waals surface area (Å²) in [4.78, 5) is 5.97. The molecule has 2 atom stereocenters. The highest BCUT2D eigenvalue weighted by Gasteiger charge is 2.42. The summed E-state index contributed by atoms with van der Waals surface area (Å²) in [5.74, 6) is -0.742. The number of thiophene rings is 1. The van der Waals surface area contributed by atoms with E-state index in [4.69, 9.17) is 21.3 Å². The van der Waals surface area contributed by atoms with Crippen molar-refractivity contribution in [3.63, 3.8) is 0 Å². The quantitative estimate of drug-likeness (QED) is 0.335. The van der Waals surface area contributed by atoms with Gasteiger partial charge in [0.05, 0.1) is 22.2 Å². The zero-order chi connectivity index (χ0) is 25.2. The van der Waals surface area contributed by atoms with E-state index in [-0.39, 0.29) is 18.9 Å². The Bertz CT molecular complexity index is 1140. The fourth-order valence-electron chi connectivity index (χ4n) is 5.19. The van der Waals surface area contributed by atoms with Crippen molar-refractivity contribution >= 4 is 34.7 Å². The maximum absolute atomic E-state index is 13.0. The molecule has 5 rings (SSSR count). The van der Waals surface area contributed by atoms with Gasteiger partial charge in [0.1, 0.15) is 6.10 Å². The number of nitrogens with zero attached hydrogens (tertiary/aromatic N) is 1. The van der Waals surface area contributed by atoms with Gasteiger partial charge in [-0.2, -0.15) is 24.5 Å². The highest BCUT2D eigenvalue weighted by Crippen LogP contribution is 2.43. The van der Waals surface area contributed by atoms with E-state index in [0.29, 0.717) is 24.0 Å².